The fourth-order valence-electron chi connectivity index (χ4n) is 5.36. The van der Waals surface area contributed by atoms with Crippen LogP contribution in [0.3, 0.4) is 0 Å². The van der Waals surface area contributed by atoms with E-state index < -0.39 is 0 Å². The molecule has 0 saturated carbocycles. The Morgan fingerprint density at radius 1 is 1.12 bits per heavy atom. The molecule has 0 N–H and O–H groups in total. The monoisotopic (exact) mass is 459 g/mol. The molecule has 1 amide bonds. The van der Waals surface area contributed by atoms with Gasteiger partial charge in [0.2, 0.25) is 0 Å². The Bertz CT molecular complexity index is 1350. The van der Waals surface area contributed by atoms with Gasteiger partial charge in [-0.15, -0.1) is 5.10 Å². The molecule has 166 valence electrons. The van der Waals surface area contributed by atoms with Gasteiger partial charge in [0.15, 0.2) is 0 Å². The summed E-state index contributed by atoms with van der Waals surface area (Å²) in [5.41, 5.74) is 5.79. The number of hydrogen-bond acceptors (Lipinski definition) is 5. The van der Waals surface area contributed by atoms with Gasteiger partial charge in [-0.25, -0.2) is 4.68 Å². The quantitative estimate of drug-likeness (QED) is 0.462. The van der Waals surface area contributed by atoms with Gasteiger partial charge in [-0.1, -0.05) is 29.8 Å². The van der Waals surface area contributed by atoms with Crippen molar-refractivity contribution >= 4 is 17.5 Å². The Kier molecular flexibility index (Phi) is 4.76. The zero-order chi connectivity index (χ0) is 22.5. The number of halogens is 1. The van der Waals surface area contributed by atoms with Crippen LogP contribution in [0.1, 0.15) is 46.9 Å². The molecule has 2 atom stereocenters. The van der Waals surface area contributed by atoms with Crippen molar-refractivity contribution < 1.29 is 4.79 Å². The molecule has 8 nitrogen and oxygen atoms in total. The van der Waals surface area contributed by atoms with Gasteiger partial charge in [0, 0.05) is 34.8 Å². The predicted molar refractivity (Wildman–Crippen MR) is 123 cm³/mol. The third kappa shape index (κ3) is 3.33. The molecule has 0 unspecified atom stereocenters. The lowest BCUT2D eigenvalue weighted by atomic mass is 9.81. The number of nitrogens with zero attached hydrogens (tertiary/aromatic N) is 7. The van der Waals surface area contributed by atoms with Crippen LogP contribution in [0.2, 0.25) is 5.02 Å². The van der Waals surface area contributed by atoms with Crippen molar-refractivity contribution in [3.05, 3.63) is 76.7 Å². The van der Waals surface area contributed by atoms with Gasteiger partial charge in [0.05, 0.1) is 23.1 Å². The smallest absolute Gasteiger partial charge is 0.254 e. The van der Waals surface area contributed by atoms with Crippen LogP contribution in [-0.4, -0.2) is 46.8 Å². The molecule has 4 heterocycles. The van der Waals surface area contributed by atoms with Crippen LogP contribution < -0.4 is 0 Å². The van der Waals surface area contributed by atoms with E-state index in [1.807, 2.05) is 54.2 Å². The molecule has 0 aliphatic carbocycles. The molecular formula is C24H22ClN7O. The van der Waals surface area contributed by atoms with Crippen LogP contribution in [0.5, 0.6) is 0 Å². The SMILES string of the molecule is Cn1nc2c(c1-c1cccc(Cl)c1)C[C@H]1CCC[C@@H]2N1C(=O)c1cccc(-n2cnnn2)c1. The van der Waals surface area contributed by atoms with E-state index in [4.69, 9.17) is 16.7 Å². The molecule has 2 aliphatic rings. The van der Waals surface area contributed by atoms with Gasteiger partial charge < -0.3 is 4.90 Å². The van der Waals surface area contributed by atoms with Crippen LogP contribution in [0.15, 0.2) is 54.9 Å². The number of fused-ring (bicyclic) bond motifs is 4. The van der Waals surface area contributed by atoms with Gasteiger partial charge in [0.25, 0.3) is 5.91 Å². The lowest BCUT2D eigenvalue weighted by Gasteiger charge is -2.45. The highest BCUT2D eigenvalue weighted by Gasteiger charge is 2.43. The number of amides is 1. The van der Waals surface area contributed by atoms with E-state index in [1.54, 1.807) is 4.68 Å². The summed E-state index contributed by atoms with van der Waals surface area (Å²) in [6, 6.07) is 15.5. The number of tetrazole rings is 1. The molecular weight excluding hydrogens is 438 g/mol. The Hall–Kier alpha value is -3.52. The van der Waals surface area contributed by atoms with E-state index in [1.165, 1.54) is 11.9 Å². The Morgan fingerprint density at radius 2 is 2.00 bits per heavy atom. The molecule has 33 heavy (non-hydrogen) atoms. The first-order valence-corrected chi connectivity index (χ1v) is 11.5. The van der Waals surface area contributed by atoms with Crippen molar-refractivity contribution in [2.75, 3.05) is 0 Å². The molecule has 1 fully saturated rings. The zero-order valence-corrected chi connectivity index (χ0v) is 18.9. The highest BCUT2D eigenvalue weighted by Crippen LogP contribution is 2.45. The van der Waals surface area contributed by atoms with Gasteiger partial charge in [0.1, 0.15) is 6.33 Å². The second-order valence-electron chi connectivity index (χ2n) is 8.67. The first-order chi connectivity index (χ1) is 16.1. The van der Waals surface area contributed by atoms with Crippen molar-refractivity contribution in [1.82, 2.24) is 34.9 Å². The molecule has 4 aromatic rings. The van der Waals surface area contributed by atoms with Gasteiger partial charge in [-0.3, -0.25) is 9.48 Å². The highest BCUT2D eigenvalue weighted by atomic mass is 35.5. The molecule has 2 aromatic carbocycles. The van der Waals surface area contributed by atoms with Crippen molar-refractivity contribution in [2.45, 2.75) is 37.8 Å². The summed E-state index contributed by atoms with van der Waals surface area (Å²) in [7, 11) is 1.97. The summed E-state index contributed by atoms with van der Waals surface area (Å²) in [5.74, 6) is 0.0280. The standard InChI is InChI=1S/C24H22ClN7O/c1-30-23(15-5-2-7-17(25)11-15)20-13-19-9-4-10-21(22(20)27-30)32(19)24(33)16-6-3-8-18(12-16)31-14-26-28-29-31/h2-3,5-8,11-12,14,19,21H,4,9-10,13H2,1H3/t19-,21+/m1/s1. The minimum Gasteiger partial charge on any atom is -0.327 e. The number of aromatic nitrogens is 6. The largest absolute Gasteiger partial charge is 0.327 e. The summed E-state index contributed by atoms with van der Waals surface area (Å²) in [6.07, 6.45) is 5.30. The van der Waals surface area contributed by atoms with E-state index in [0.29, 0.717) is 10.6 Å². The van der Waals surface area contributed by atoms with Gasteiger partial charge in [-0.05, 0) is 66.4 Å². The second kappa shape index (κ2) is 7.81. The average Bonchev–Trinajstić information content (AvgIpc) is 3.46. The van der Waals surface area contributed by atoms with E-state index in [-0.39, 0.29) is 18.0 Å². The fourth-order valence-corrected chi connectivity index (χ4v) is 5.55. The minimum atomic E-state index is -0.0316. The summed E-state index contributed by atoms with van der Waals surface area (Å²) >= 11 is 6.28. The number of carbonyl (C=O) groups is 1. The average molecular weight is 460 g/mol. The zero-order valence-electron chi connectivity index (χ0n) is 18.1. The van der Waals surface area contributed by atoms with Gasteiger partial charge in [-0.2, -0.15) is 5.10 Å². The molecule has 2 aromatic heterocycles. The number of piperidine rings is 1. The lowest BCUT2D eigenvalue weighted by molar-refractivity contribution is 0.0392. The van der Waals surface area contributed by atoms with Crippen LogP contribution in [0, 0.1) is 0 Å². The maximum absolute atomic E-state index is 13.8. The first kappa shape index (κ1) is 20.1. The Balaban J connectivity index is 1.39. The van der Waals surface area contributed by atoms with Crippen molar-refractivity contribution in [3.63, 3.8) is 0 Å². The second-order valence-corrected chi connectivity index (χ2v) is 9.10. The number of rotatable bonds is 3. The van der Waals surface area contributed by atoms with Crippen LogP contribution in [0.4, 0.5) is 0 Å². The molecule has 2 bridgehead atoms. The molecule has 0 radical (unpaired) electrons. The van der Waals surface area contributed by atoms with Crippen molar-refractivity contribution in [3.8, 4) is 16.9 Å². The Labute approximate surface area is 195 Å². The Morgan fingerprint density at radius 3 is 2.82 bits per heavy atom. The summed E-state index contributed by atoms with van der Waals surface area (Å²) < 4.78 is 3.50. The maximum Gasteiger partial charge on any atom is 0.254 e. The number of carbonyl (C=O) groups excluding carboxylic acids is 1. The van der Waals surface area contributed by atoms with Gasteiger partial charge >= 0.3 is 0 Å². The van der Waals surface area contributed by atoms with Crippen molar-refractivity contribution in [1.29, 1.82) is 0 Å². The number of hydrogen-bond donors (Lipinski definition) is 0. The minimum absolute atomic E-state index is 0.0280. The fraction of sp³-hybridized carbons (Fsp3) is 0.292. The topological polar surface area (TPSA) is 81.7 Å². The molecule has 0 spiro atoms. The first-order valence-electron chi connectivity index (χ1n) is 11.1. The van der Waals surface area contributed by atoms with Crippen LogP contribution in [-0.2, 0) is 13.5 Å². The lowest BCUT2D eigenvalue weighted by Crippen LogP contribution is -2.49. The van der Waals surface area contributed by atoms with Crippen LogP contribution in [0.25, 0.3) is 16.9 Å². The maximum atomic E-state index is 13.8. The van der Waals surface area contributed by atoms with Crippen molar-refractivity contribution in [2.24, 2.45) is 7.05 Å². The van der Waals surface area contributed by atoms with E-state index in [0.717, 1.165) is 48.3 Å². The highest BCUT2D eigenvalue weighted by molar-refractivity contribution is 6.30. The van der Waals surface area contributed by atoms with Crippen LogP contribution >= 0.6 is 11.6 Å². The third-order valence-corrected chi connectivity index (χ3v) is 6.95. The molecule has 9 heteroatoms. The van der Waals surface area contributed by atoms with E-state index >= 15 is 0 Å². The summed E-state index contributed by atoms with van der Waals surface area (Å²) in [4.78, 5) is 15.8. The molecule has 2 aliphatic heterocycles. The molecule has 1 saturated heterocycles. The van der Waals surface area contributed by atoms with E-state index in [9.17, 15) is 4.79 Å². The third-order valence-electron chi connectivity index (χ3n) is 6.72. The normalized spacial score (nSPS) is 19.4. The number of benzene rings is 2. The number of aryl methyl sites for hydroxylation is 1. The predicted octanol–water partition coefficient (Wildman–Crippen LogP) is 4.01. The van der Waals surface area contributed by atoms with E-state index in [2.05, 4.69) is 26.5 Å². The summed E-state index contributed by atoms with van der Waals surface area (Å²) in [5, 5.41) is 16.9. The summed E-state index contributed by atoms with van der Waals surface area (Å²) in [6.45, 7) is 0. The molecule has 6 rings (SSSR count).